The zero-order valence-corrected chi connectivity index (χ0v) is 65.3. The maximum absolute atomic E-state index is 13.1. The molecule has 5 atom stereocenters. The van der Waals surface area contributed by atoms with Crippen molar-refractivity contribution < 1.29 is 80.2 Å². The summed E-state index contributed by atoms with van der Waals surface area (Å²) in [6, 6.07) is 0. The summed E-state index contributed by atoms with van der Waals surface area (Å²) in [6.07, 6.45) is 55.5. The molecule has 0 aromatic rings. The Balaban J connectivity index is 5.23. The van der Waals surface area contributed by atoms with Gasteiger partial charge in [-0.05, 0) is 43.4 Å². The molecule has 0 heterocycles. The van der Waals surface area contributed by atoms with Gasteiger partial charge in [-0.25, -0.2) is 9.13 Å². The third-order valence-corrected chi connectivity index (χ3v) is 20.0. The first-order valence-corrected chi connectivity index (χ1v) is 43.3. The molecule has 0 spiro atoms. The molecular weight excluding hydrogens is 1270 g/mol. The number of aliphatic hydroxyl groups is 1. The second-order valence-corrected chi connectivity index (χ2v) is 32.4. The van der Waals surface area contributed by atoms with Gasteiger partial charge in [0.15, 0.2) is 12.2 Å². The molecule has 0 rings (SSSR count). The predicted octanol–water partition coefficient (Wildman–Crippen LogP) is 23.0. The summed E-state index contributed by atoms with van der Waals surface area (Å²) < 4.78 is 68.6. The van der Waals surface area contributed by atoms with Gasteiger partial charge in [0.05, 0.1) is 26.4 Å². The van der Waals surface area contributed by atoms with E-state index in [9.17, 15) is 43.2 Å². The molecular formula is C78H152O17P2. The molecule has 17 nitrogen and oxygen atoms in total. The summed E-state index contributed by atoms with van der Waals surface area (Å²) in [5, 5.41) is 10.6. The minimum absolute atomic E-state index is 0.105. The third kappa shape index (κ3) is 72.2. The monoisotopic (exact) mass is 1420 g/mol. The Labute approximate surface area is 594 Å². The fourth-order valence-electron chi connectivity index (χ4n) is 12.0. The quantitative estimate of drug-likeness (QED) is 0.0222. The summed E-state index contributed by atoms with van der Waals surface area (Å²) in [4.78, 5) is 72.9. The lowest BCUT2D eigenvalue weighted by molar-refractivity contribution is -0.161. The topological polar surface area (TPSA) is 237 Å². The molecule has 0 saturated carbocycles. The highest BCUT2D eigenvalue weighted by Gasteiger charge is 2.30. The molecule has 97 heavy (non-hydrogen) atoms. The van der Waals surface area contributed by atoms with Gasteiger partial charge >= 0.3 is 39.5 Å². The number of hydrogen-bond acceptors (Lipinski definition) is 15. The number of aliphatic hydroxyl groups excluding tert-OH is 1. The lowest BCUT2D eigenvalue weighted by Gasteiger charge is -2.21. The first-order valence-electron chi connectivity index (χ1n) is 40.3. The number of hydrogen-bond donors (Lipinski definition) is 3. The summed E-state index contributed by atoms with van der Waals surface area (Å²) in [6.45, 7) is 11.9. The highest BCUT2D eigenvalue weighted by Crippen LogP contribution is 2.45. The van der Waals surface area contributed by atoms with Crippen LogP contribution < -0.4 is 0 Å². The van der Waals surface area contributed by atoms with Crippen LogP contribution in [0.15, 0.2) is 0 Å². The van der Waals surface area contributed by atoms with Crippen LogP contribution in [0.3, 0.4) is 0 Å². The Morgan fingerprint density at radius 2 is 0.474 bits per heavy atom. The Bertz CT molecular complexity index is 1890. The average molecular weight is 1420 g/mol. The molecule has 0 saturated heterocycles. The molecule has 0 aromatic carbocycles. The zero-order chi connectivity index (χ0) is 71.6. The molecule has 3 N–H and O–H groups in total. The van der Waals surface area contributed by atoms with Crippen molar-refractivity contribution in [1.82, 2.24) is 0 Å². The van der Waals surface area contributed by atoms with Crippen LogP contribution in [-0.4, -0.2) is 96.7 Å². The van der Waals surface area contributed by atoms with Gasteiger partial charge in [0.2, 0.25) is 0 Å². The highest BCUT2D eigenvalue weighted by atomic mass is 31.2. The van der Waals surface area contributed by atoms with Crippen molar-refractivity contribution in [2.45, 2.75) is 420 Å². The Morgan fingerprint density at radius 1 is 0.278 bits per heavy atom. The van der Waals surface area contributed by atoms with Gasteiger partial charge in [-0.1, -0.05) is 350 Å². The lowest BCUT2D eigenvalue weighted by Crippen LogP contribution is -2.30. The summed E-state index contributed by atoms with van der Waals surface area (Å²) in [5.41, 5.74) is 0. The summed E-state index contributed by atoms with van der Waals surface area (Å²) in [7, 11) is -9.91. The van der Waals surface area contributed by atoms with Crippen LogP contribution in [0, 0.1) is 17.8 Å². The minimum atomic E-state index is -4.96. The first kappa shape index (κ1) is 95.1. The summed E-state index contributed by atoms with van der Waals surface area (Å²) >= 11 is 0. The number of carbonyl (C=O) groups is 4. The van der Waals surface area contributed by atoms with Crippen molar-refractivity contribution in [3.63, 3.8) is 0 Å². The molecule has 0 fully saturated rings. The van der Waals surface area contributed by atoms with Crippen molar-refractivity contribution in [1.29, 1.82) is 0 Å². The van der Waals surface area contributed by atoms with E-state index in [0.29, 0.717) is 25.7 Å². The van der Waals surface area contributed by atoms with E-state index in [4.69, 9.17) is 37.0 Å². The standard InChI is InChI=1S/C78H152O17P2/c1-8-9-10-11-12-13-31-38-45-52-59-75(80)88-65-74(95-78(83)62-55-48-41-34-27-30-37-44-51-58-71(6)7)68-93-97(86,87)91-64-72(79)63-90-96(84,85)92-67-73(66-89-76(81)60-53-46-39-32-25-22-18-20-24-29-36-43-50-57-70(4)5)94-77(82)61-54-47-40-33-26-21-17-15-14-16-19-23-28-35-42-49-56-69(2)3/h69-74,79H,8-68H2,1-7H3,(H,84,85)(H,86,87)/t72-,73-,74-/m1/s1. The number of rotatable bonds is 76. The third-order valence-electron chi connectivity index (χ3n) is 18.1. The van der Waals surface area contributed by atoms with E-state index >= 15 is 0 Å². The zero-order valence-electron chi connectivity index (χ0n) is 63.5. The number of esters is 4. The van der Waals surface area contributed by atoms with Gasteiger partial charge in [-0.3, -0.25) is 37.3 Å². The van der Waals surface area contributed by atoms with Gasteiger partial charge in [0.1, 0.15) is 19.3 Å². The second kappa shape index (κ2) is 68.5. The van der Waals surface area contributed by atoms with Gasteiger partial charge in [-0.2, -0.15) is 0 Å². The number of phosphoric ester groups is 2. The fourth-order valence-corrected chi connectivity index (χ4v) is 13.5. The lowest BCUT2D eigenvalue weighted by atomic mass is 10.0. The highest BCUT2D eigenvalue weighted by molar-refractivity contribution is 7.47. The predicted molar refractivity (Wildman–Crippen MR) is 395 cm³/mol. The van der Waals surface area contributed by atoms with Crippen LogP contribution in [0.5, 0.6) is 0 Å². The van der Waals surface area contributed by atoms with E-state index in [1.807, 2.05) is 0 Å². The molecule has 0 radical (unpaired) electrons. The molecule has 576 valence electrons. The maximum atomic E-state index is 13.1. The number of unbranched alkanes of at least 4 members (excludes halogenated alkanes) is 44. The Morgan fingerprint density at radius 3 is 0.701 bits per heavy atom. The van der Waals surface area contributed by atoms with E-state index < -0.39 is 97.5 Å². The van der Waals surface area contributed by atoms with Gasteiger partial charge < -0.3 is 33.8 Å². The SMILES string of the molecule is CCCCCCCCCCCCC(=O)OC[C@H](COP(=O)(O)OC[C@H](O)COP(=O)(O)OC[C@@H](COC(=O)CCCCCCCCCCCCCCCC(C)C)OC(=O)CCCCCCCCCCCCCCCCCCC(C)C)OC(=O)CCCCCCCCCCCC(C)C. The molecule has 0 bridgehead atoms. The Kier molecular flexibility index (Phi) is 67.1. The number of phosphoric acid groups is 2. The van der Waals surface area contributed by atoms with Crippen LogP contribution >= 0.6 is 15.6 Å². The van der Waals surface area contributed by atoms with Crippen molar-refractivity contribution >= 4 is 39.5 Å². The maximum Gasteiger partial charge on any atom is 0.472 e. The smallest absolute Gasteiger partial charge is 0.462 e. The average Bonchev–Trinajstić information content (AvgIpc) is 2.34. The van der Waals surface area contributed by atoms with E-state index in [1.54, 1.807) is 0 Å². The van der Waals surface area contributed by atoms with Gasteiger partial charge in [0, 0.05) is 25.7 Å². The van der Waals surface area contributed by atoms with Crippen LogP contribution in [0.4, 0.5) is 0 Å². The fraction of sp³-hybridized carbons (Fsp3) is 0.949. The van der Waals surface area contributed by atoms with Crippen molar-refractivity contribution in [2.24, 2.45) is 17.8 Å². The van der Waals surface area contributed by atoms with Crippen molar-refractivity contribution in [3.8, 4) is 0 Å². The molecule has 19 heteroatoms. The molecule has 0 aliphatic carbocycles. The van der Waals surface area contributed by atoms with Crippen molar-refractivity contribution in [3.05, 3.63) is 0 Å². The molecule has 0 aliphatic heterocycles. The molecule has 2 unspecified atom stereocenters. The first-order chi connectivity index (χ1) is 46.7. The van der Waals surface area contributed by atoms with Crippen LogP contribution in [0.2, 0.25) is 0 Å². The van der Waals surface area contributed by atoms with E-state index in [0.717, 1.165) is 108 Å². The van der Waals surface area contributed by atoms with E-state index in [2.05, 4.69) is 48.5 Å². The van der Waals surface area contributed by atoms with E-state index in [-0.39, 0.29) is 25.7 Å². The van der Waals surface area contributed by atoms with Crippen LogP contribution in [-0.2, 0) is 65.4 Å². The minimum Gasteiger partial charge on any atom is -0.462 e. The normalized spacial score (nSPS) is 14.0. The van der Waals surface area contributed by atoms with Crippen molar-refractivity contribution in [2.75, 3.05) is 39.6 Å². The molecule has 0 aliphatic rings. The number of carbonyl (C=O) groups excluding carboxylic acids is 4. The summed E-state index contributed by atoms with van der Waals surface area (Å²) in [5.74, 6) is 0.222. The molecule has 0 amide bonds. The van der Waals surface area contributed by atoms with E-state index in [1.165, 1.54) is 212 Å². The van der Waals surface area contributed by atoms with Gasteiger partial charge in [-0.15, -0.1) is 0 Å². The Hall–Kier alpha value is -1.94. The van der Waals surface area contributed by atoms with Crippen LogP contribution in [0.1, 0.15) is 402 Å². The van der Waals surface area contributed by atoms with Crippen LogP contribution in [0.25, 0.3) is 0 Å². The van der Waals surface area contributed by atoms with Gasteiger partial charge in [0.25, 0.3) is 0 Å². The molecule has 0 aromatic heterocycles. The largest absolute Gasteiger partial charge is 0.472 e. The number of ether oxygens (including phenoxy) is 4. The second-order valence-electron chi connectivity index (χ2n) is 29.5.